The molecule has 0 aliphatic carbocycles. The van der Waals surface area contributed by atoms with E-state index < -0.39 is 8.86 Å². The van der Waals surface area contributed by atoms with Gasteiger partial charge in [0.15, 0.2) is 14.0 Å². The molecule has 0 aromatic carbocycles. The summed E-state index contributed by atoms with van der Waals surface area (Å²) < 4.78 is 11.8. The third-order valence-electron chi connectivity index (χ3n) is 1.05. The Morgan fingerprint density at radius 1 is 1.40 bits per heavy atom. The van der Waals surface area contributed by atoms with E-state index in [-0.39, 0.29) is 5.12 Å². The van der Waals surface area contributed by atoms with Gasteiger partial charge in [0.2, 0.25) is 0 Å². The van der Waals surface area contributed by atoms with Crippen LogP contribution in [-0.4, -0.2) is 9.32 Å². The molecule has 10 heavy (non-hydrogen) atoms. The lowest BCUT2D eigenvalue weighted by atomic mass is 10.5. The van der Waals surface area contributed by atoms with Crippen LogP contribution in [0.4, 0.5) is 0 Å². The van der Waals surface area contributed by atoms with Crippen LogP contribution < -0.4 is 0 Å². The Hall–Kier alpha value is 0.610. The molecule has 2 rings (SSSR count). The third-order valence-corrected chi connectivity index (χ3v) is 7.29. The van der Waals surface area contributed by atoms with Crippen molar-refractivity contribution in [3.05, 3.63) is 9.14 Å². The summed E-state index contributed by atoms with van der Waals surface area (Å²) in [5.74, 6) is 0. The standard InChI is InChI=1S/C4H2O2S4/c5-3-1-2-4(7-3)9-10(6)8-2/h1H2. The van der Waals surface area contributed by atoms with Gasteiger partial charge in [-0.1, -0.05) is 0 Å². The van der Waals surface area contributed by atoms with Crippen LogP contribution in [0.15, 0.2) is 9.14 Å². The maximum Gasteiger partial charge on any atom is 0.199 e. The number of carbonyl (C=O) groups excluding carboxylic acids is 1. The molecule has 0 spiro atoms. The van der Waals surface area contributed by atoms with Crippen molar-refractivity contribution in [2.45, 2.75) is 6.42 Å². The molecular weight excluding hydrogens is 208 g/mol. The second-order valence-electron chi connectivity index (χ2n) is 1.73. The van der Waals surface area contributed by atoms with E-state index >= 15 is 0 Å². The Kier molecular flexibility index (Phi) is 1.88. The minimum absolute atomic E-state index is 0.182. The molecule has 0 N–H and O–H groups in total. The minimum atomic E-state index is -0.860. The van der Waals surface area contributed by atoms with Crippen molar-refractivity contribution >= 4 is 47.3 Å². The normalized spacial score (nSPS) is 31.6. The second kappa shape index (κ2) is 2.58. The van der Waals surface area contributed by atoms with Gasteiger partial charge in [0.25, 0.3) is 0 Å². The first kappa shape index (κ1) is 7.27. The summed E-state index contributed by atoms with van der Waals surface area (Å²) in [6.07, 6.45) is 0.489. The van der Waals surface area contributed by atoms with Crippen molar-refractivity contribution < 1.29 is 9.00 Å². The molecule has 2 aliphatic rings. The van der Waals surface area contributed by atoms with E-state index in [0.29, 0.717) is 6.42 Å². The predicted molar refractivity (Wildman–Crippen MR) is 47.6 cm³/mol. The van der Waals surface area contributed by atoms with Crippen molar-refractivity contribution in [3.8, 4) is 0 Å². The molecule has 1 atom stereocenters. The van der Waals surface area contributed by atoms with Crippen LogP contribution in [0.3, 0.4) is 0 Å². The van der Waals surface area contributed by atoms with Crippen molar-refractivity contribution in [3.63, 3.8) is 0 Å². The molecule has 0 aromatic rings. The smallest absolute Gasteiger partial charge is 0.199 e. The van der Waals surface area contributed by atoms with E-state index in [1.807, 2.05) is 0 Å². The molecular formula is C4H2O2S4. The number of thioether (sulfide) groups is 1. The second-order valence-corrected chi connectivity index (χ2v) is 8.15. The molecule has 0 aromatic heterocycles. The zero-order valence-corrected chi connectivity index (χ0v) is 7.92. The molecule has 54 valence electrons. The number of allylic oxidation sites excluding steroid dienone is 1. The third kappa shape index (κ3) is 1.17. The van der Waals surface area contributed by atoms with E-state index in [1.54, 1.807) is 0 Å². The average Bonchev–Trinajstić information content (AvgIpc) is 2.21. The van der Waals surface area contributed by atoms with Crippen LogP contribution >= 0.6 is 33.3 Å². The van der Waals surface area contributed by atoms with Crippen LogP contribution in [0.2, 0.25) is 0 Å². The van der Waals surface area contributed by atoms with Gasteiger partial charge in [0.1, 0.15) is 0 Å². The van der Waals surface area contributed by atoms with Crippen LogP contribution in [0.5, 0.6) is 0 Å². The van der Waals surface area contributed by atoms with Gasteiger partial charge in [-0.3, -0.25) is 4.79 Å². The zero-order valence-electron chi connectivity index (χ0n) is 4.66. The topological polar surface area (TPSA) is 34.1 Å². The molecule has 0 amide bonds. The quantitative estimate of drug-likeness (QED) is 0.570. The van der Waals surface area contributed by atoms with Crippen molar-refractivity contribution in [1.29, 1.82) is 0 Å². The predicted octanol–water partition coefficient (Wildman–Crippen LogP) is 1.88. The molecule has 0 fully saturated rings. The molecule has 0 radical (unpaired) electrons. The van der Waals surface area contributed by atoms with Gasteiger partial charge in [-0.2, -0.15) is 0 Å². The monoisotopic (exact) mass is 210 g/mol. The van der Waals surface area contributed by atoms with Crippen LogP contribution in [-0.2, 0) is 13.7 Å². The lowest BCUT2D eigenvalue weighted by Crippen LogP contribution is -1.82. The van der Waals surface area contributed by atoms with Gasteiger partial charge in [-0.25, -0.2) is 4.21 Å². The highest BCUT2D eigenvalue weighted by Gasteiger charge is 2.32. The Balaban J connectivity index is 2.24. The van der Waals surface area contributed by atoms with Crippen molar-refractivity contribution in [1.82, 2.24) is 0 Å². The highest BCUT2D eigenvalue weighted by molar-refractivity contribution is 9.06. The first-order valence-corrected chi connectivity index (χ1v) is 7.11. The van der Waals surface area contributed by atoms with Gasteiger partial charge < -0.3 is 0 Å². The van der Waals surface area contributed by atoms with E-state index in [0.717, 1.165) is 9.14 Å². The molecule has 0 saturated heterocycles. The lowest BCUT2D eigenvalue weighted by Gasteiger charge is -1.89. The summed E-state index contributed by atoms with van der Waals surface area (Å²) in [5, 5.41) is 0.182. The maximum absolute atomic E-state index is 10.8. The SMILES string of the molecule is O=C1CC2=C(S1)SS(=O)S2. The van der Waals surface area contributed by atoms with Gasteiger partial charge in [0, 0.05) is 4.91 Å². The minimum Gasteiger partial charge on any atom is -0.286 e. The molecule has 2 aliphatic heterocycles. The van der Waals surface area contributed by atoms with E-state index in [4.69, 9.17) is 0 Å². The summed E-state index contributed by atoms with van der Waals surface area (Å²) in [7, 11) is 1.75. The van der Waals surface area contributed by atoms with E-state index in [1.165, 1.54) is 33.3 Å². The van der Waals surface area contributed by atoms with E-state index in [2.05, 4.69) is 0 Å². The van der Waals surface area contributed by atoms with Gasteiger partial charge in [0.05, 0.1) is 10.7 Å². The van der Waals surface area contributed by atoms with Crippen LogP contribution in [0.1, 0.15) is 6.42 Å². The maximum atomic E-state index is 10.8. The van der Waals surface area contributed by atoms with Crippen molar-refractivity contribution in [2.24, 2.45) is 0 Å². The summed E-state index contributed by atoms with van der Waals surface area (Å²) in [5.41, 5.74) is 0. The Bertz CT molecular complexity index is 210. The van der Waals surface area contributed by atoms with Gasteiger partial charge >= 0.3 is 0 Å². The Labute approximate surface area is 71.8 Å². The number of hydrogen-bond acceptors (Lipinski definition) is 5. The number of hydrogen-bond donors (Lipinski definition) is 0. The zero-order chi connectivity index (χ0) is 7.14. The van der Waals surface area contributed by atoms with Gasteiger partial charge in [-0.15, -0.1) is 0 Å². The van der Waals surface area contributed by atoms with E-state index in [9.17, 15) is 9.00 Å². The summed E-state index contributed by atoms with van der Waals surface area (Å²) >= 11 is 1.23. The molecule has 2 nitrogen and oxygen atoms in total. The van der Waals surface area contributed by atoms with Gasteiger partial charge in [-0.05, 0) is 33.3 Å². The Morgan fingerprint density at radius 2 is 2.20 bits per heavy atom. The highest BCUT2D eigenvalue weighted by Crippen LogP contribution is 2.55. The molecule has 0 saturated carbocycles. The molecule has 6 heteroatoms. The van der Waals surface area contributed by atoms with Crippen LogP contribution in [0.25, 0.3) is 0 Å². The molecule has 0 bridgehead atoms. The number of rotatable bonds is 0. The van der Waals surface area contributed by atoms with Crippen LogP contribution in [0, 0.1) is 0 Å². The Morgan fingerprint density at radius 3 is 2.90 bits per heavy atom. The largest absolute Gasteiger partial charge is 0.286 e. The first-order chi connectivity index (χ1) is 4.75. The molecule has 1 unspecified atom stereocenters. The fraction of sp³-hybridized carbons (Fsp3) is 0.250. The van der Waals surface area contributed by atoms with Crippen molar-refractivity contribution in [2.75, 3.05) is 0 Å². The fourth-order valence-corrected chi connectivity index (χ4v) is 8.12. The lowest BCUT2D eigenvalue weighted by molar-refractivity contribution is -0.110. The fourth-order valence-electron chi connectivity index (χ4n) is 0.688. The number of carbonyl (C=O) groups is 1. The summed E-state index contributed by atoms with van der Waals surface area (Å²) in [4.78, 5) is 11.8. The summed E-state index contributed by atoms with van der Waals surface area (Å²) in [6, 6.07) is 0. The highest BCUT2D eigenvalue weighted by atomic mass is 33.5. The molecule has 2 heterocycles. The average molecular weight is 210 g/mol. The summed E-state index contributed by atoms with van der Waals surface area (Å²) in [6.45, 7) is 0. The first-order valence-electron chi connectivity index (χ1n) is 2.48.